The quantitative estimate of drug-likeness (QED) is 0.743. The molecule has 1 fully saturated rings. The number of carboxylic acid groups (broad SMARTS) is 1. The lowest BCUT2D eigenvalue weighted by Gasteiger charge is -2.14. The van der Waals surface area contributed by atoms with Crippen LogP contribution in [0.3, 0.4) is 0 Å². The number of carboxylic acids is 1. The number of hydrogen-bond donors (Lipinski definition) is 1. The summed E-state index contributed by atoms with van der Waals surface area (Å²) in [5, 5.41) is 10.6. The number of thiazole rings is 1. The number of fused-ring (bicyclic) bond motifs is 1. The van der Waals surface area contributed by atoms with Crippen LogP contribution in [0.4, 0.5) is 8.78 Å². The molecule has 2 heterocycles. The molecule has 25 heavy (non-hydrogen) atoms. The predicted molar refractivity (Wildman–Crippen MR) is 89.6 cm³/mol. The van der Waals surface area contributed by atoms with Crippen molar-refractivity contribution < 1.29 is 18.7 Å². The van der Waals surface area contributed by atoms with E-state index in [0.717, 1.165) is 36.9 Å². The van der Waals surface area contributed by atoms with Gasteiger partial charge in [-0.25, -0.2) is 18.6 Å². The summed E-state index contributed by atoms with van der Waals surface area (Å²) in [5.74, 6) is -3.19. The first-order valence-electron chi connectivity index (χ1n) is 7.35. The number of aromatic nitrogens is 2. The minimum Gasteiger partial charge on any atom is -0.477 e. The van der Waals surface area contributed by atoms with Crippen molar-refractivity contribution in [2.75, 3.05) is 0 Å². The van der Waals surface area contributed by atoms with Crippen molar-refractivity contribution in [1.82, 2.24) is 9.55 Å². The van der Waals surface area contributed by atoms with E-state index in [1.165, 1.54) is 22.1 Å². The largest absolute Gasteiger partial charge is 0.477 e. The first kappa shape index (κ1) is 16.2. The van der Waals surface area contributed by atoms with Crippen molar-refractivity contribution in [3.05, 3.63) is 51.3 Å². The van der Waals surface area contributed by atoms with Crippen LogP contribution < -0.4 is 5.43 Å². The molecule has 0 amide bonds. The maximum absolute atomic E-state index is 15.1. The van der Waals surface area contributed by atoms with Crippen LogP contribution in [-0.2, 0) is 0 Å². The monoisotopic (exact) mass is 380 g/mol. The molecule has 1 aliphatic rings. The highest BCUT2D eigenvalue weighted by Gasteiger charge is 2.30. The van der Waals surface area contributed by atoms with Gasteiger partial charge in [-0.1, -0.05) is 11.8 Å². The Bertz CT molecular complexity index is 1060. The van der Waals surface area contributed by atoms with Crippen molar-refractivity contribution >= 4 is 40.0 Å². The first-order chi connectivity index (χ1) is 12.0. The smallest absolute Gasteiger partial charge is 0.341 e. The molecule has 1 aliphatic carbocycles. The molecular weight excluding hydrogens is 370 g/mol. The van der Waals surface area contributed by atoms with Gasteiger partial charge in [0, 0.05) is 23.8 Å². The van der Waals surface area contributed by atoms with Crippen LogP contribution >= 0.6 is 23.1 Å². The molecule has 1 aromatic carbocycles. The van der Waals surface area contributed by atoms with Gasteiger partial charge in [-0.15, -0.1) is 11.3 Å². The number of nitrogens with zero attached hydrogens (tertiary/aromatic N) is 2. The molecule has 5 nitrogen and oxygen atoms in total. The van der Waals surface area contributed by atoms with Crippen LogP contribution in [0, 0.1) is 11.6 Å². The molecule has 0 radical (unpaired) electrons. The second kappa shape index (κ2) is 5.92. The van der Waals surface area contributed by atoms with Gasteiger partial charge in [0.1, 0.15) is 11.4 Å². The fourth-order valence-electron chi connectivity index (χ4n) is 2.66. The Balaban J connectivity index is 2.02. The summed E-state index contributed by atoms with van der Waals surface area (Å²) in [6.07, 6.45) is 4.19. The first-order valence-corrected chi connectivity index (χ1v) is 9.04. The number of benzene rings is 1. The molecule has 4 rings (SSSR count). The second-order valence-electron chi connectivity index (χ2n) is 5.61. The zero-order chi connectivity index (χ0) is 17.7. The lowest BCUT2D eigenvalue weighted by atomic mass is 10.1. The van der Waals surface area contributed by atoms with Crippen LogP contribution in [0.1, 0.15) is 29.2 Å². The van der Waals surface area contributed by atoms with E-state index in [1.54, 1.807) is 5.38 Å². The van der Waals surface area contributed by atoms with E-state index in [2.05, 4.69) is 4.98 Å². The van der Waals surface area contributed by atoms with Crippen LogP contribution in [0.5, 0.6) is 0 Å². The Kier molecular flexibility index (Phi) is 3.84. The summed E-state index contributed by atoms with van der Waals surface area (Å²) in [6.45, 7) is 0. The van der Waals surface area contributed by atoms with Crippen molar-refractivity contribution in [1.29, 1.82) is 0 Å². The normalized spacial score (nSPS) is 14.2. The summed E-state index contributed by atoms with van der Waals surface area (Å²) in [5.41, 5.74) is -1.43. The van der Waals surface area contributed by atoms with Gasteiger partial charge in [0.05, 0.1) is 15.8 Å². The van der Waals surface area contributed by atoms with Gasteiger partial charge in [0.2, 0.25) is 5.43 Å². The lowest BCUT2D eigenvalue weighted by Crippen LogP contribution is -2.20. The van der Waals surface area contributed by atoms with Gasteiger partial charge in [0.15, 0.2) is 10.2 Å². The van der Waals surface area contributed by atoms with E-state index >= 15 is 4.39 Å². The Morgan fingerprint density at radius 1 is 1.40 bits per heavy atom. The van der Waals surface area contributed by atoms with Gasteiger partial charge < -0.3 is 9.67 Å². The molecule has 2 aromatic heterocycles. The van der Waals surface area contributed by atoms with E-state index in [1.807, 2.05) is 0 Å². The molecule has 0 saturated heterocycles. The van der Waals surface area contributed by atoms with Gasteiger partial charge in [-0.3, -0.25) is 4.79 Å². The molecule has 1 N–H and O–H groups in total. The van der Waals surface area contributed by atoms with E-state index in [9.17, 15) is 19.1 Å². The lowest BCUT2D eigenvalue weighted by molar-refractivity contribution is 0.0694. The van der Waals surface area contributed by atoms with Gasteiger partial charge >= 0.3 is 5.97 Å². The highest BCUT2D eigenvalue weighted by molar-refractivity contribution is 8.01. The summed E-state index contributed by atoms with van der Waals surface area (Å²) in [4.78, 5) is 27.4. The number of carbonyl (C=O) groups is 1. The molecular formula is C16H10F2N2O3S2. The van der Waals surface area contributed by atoms with Crippen molar-refractivity contribution in [3.63, 3.8) is 0 Å². The SMILES string of the molecule is O=C(O)c1cn(C2CC2)c2c(F)c(Sc3nccs3)c(F)cc2c1=O. The summed E-state index contributed by atoms with van der Waals surface area (Å²) < 4.78 is 31.5. The fourth-order valence-corrected chi connectivity index (χ4v) is 4.26. The number of pyridine rings is 1. The highest BCUT2D eigenvalue weighted by Crippen LogP contribution is 2.41. The summed E-state index contributed by atoms with van der Waals surface area (Å²) >= 11 is 2.09. The fraction of sp³-hybridized carbons (Fsp3) is 0.188. The minimum absolute atomic E-state index is 0.0574. The zero-order valence-electron chi connectivity index (χ0n) is 12.5. The van der Waals surface area contributed by atoms with E-state index < -0.39 is 28.6 Å². The molecule has 0 spiro atoms. The van der Waals surface area contributed by atoms with Crippen molar-refractivity contribution in [2.24, 2.45) is 0 Å². The number of halogens is 2. The Hall–Kier alpha value is -2.26. The van der Waals surface area contributed by atoms with Crippen LogP contribution in [-0.4, -0.2) is 20.6 Å². The zero-order valence-corrected chi connectivity index (χ0v) is 14.2. The molecule has 0 unspecified atom stereocenters. The maximum Gasteiger partial charge on any atom is 0.341 e. The third-order valence-corrected chi connectivity index (χ3v) is 5.90. The molecule has 3 aromatic rings. The number of aromatic carboxylic acids is 1. The maximum atomic E-state index is 15.1. The number of hydrogen-bond acceptors (Lipinski definition) is 5. The molecule has 128 valence electrons. The Labute approximate surface area is 147 Å². The third kappa shape index (κ3) is 2.73. The molecule has 0 bridgehead atoms. The Morgan fingerprint density at radius 3 is 2.76 bits per heavy atom. The second-order valence-corrected chi connectivity index (χ2v) is 7.77. The number of rotatable bonds is 4. The van der Waals surface area contributed by atoms with Gasteiger partial charge in [0.25, 0.3) is 0 Å². The predicted octanol–water partition coefficient (Wildman–Crippen LogP) is 3.92. The van der Waals surface area contributed by atoms with Crippen LogP contribution in [0.2, 0.25) is 0 Å². The third-order valence-electron chi connectivity index (χ3n) is 3.94. The minimum atomic E-state index is -1.41. The Morgan fingerprint density at radius 2 is 2.16 bits per heavy atom. The molecule has 0 atom stereocenters. The molecule has 1 saturated carbocycles. The summed E-state index contributed by atoms with van der Waals surface area (Å²) in [6, 6.07) is 0.834. The van der Waals surface area contributed by atoms with Crippen molar-refractivity contribution in [2.45, 2.75) is 28.1 Å². The molecule has 9 heteroatoms. The average molecular weight is 380 g/mol. The van der Waals surface area contributed by atoms with E-state index in [4.69, 9.17) is 0 Å². The van der Waals surface area contributed by atoms with Crippen LogP contribution in [0.25, 0.3) is 10.9 Å². The summed E-state index contributed by atoms with van der Waals surface area (Å²) in [7, 11) is 0. The van der Waals surface area contributed by atoms with Crippen LogP contribution in [0.15, 0.2) is 37.9 Å². The van der Waals surface area contributed by atoms with Crippen molar-refractivity contribution in [3.8, 4) is 0 Å². The van der Waals surface area contributed by atoms with Gasteiger partial charge in [-0.2, -0.15) is 0 Å². The highest BCUT2D eigenvalue weighted by atomic mass is 32.2. The topological polar surface area (TPSA) is 72.2 Å². The van der Waals surface area contributed by atoms with E-state index in [-0.39, 0.29) is 21.8 Å². The molecule has 0 aliphatic heterocycles. The van der Waals surface area contributed by atoms with E-state index in [0.29, 0.717) is 4.34 Å². The average Bonchev–Trinajstić information content (AvgIpc) is 3.28. The van der Waals surface area contributed by atoms with Gasteiger partial charge in [-0.05, 0) is 18.9 Å². The standard InChI is InChI=1S/C16H10F2N2O3S2/c17-10-5-8-12(11(18)14(10)25-16-19-3-4-24-16)20(7-1-2-7)6-9(13(8)21)15(22)23/h3-7H,1-2H2,(H,22,23).